The third-order valence-electron chi connectivity index (χ3n) is 3.47. The molecule has 0 atom stereocenters. The number of aromatic nitrogens is 2. The van der Waals surface area contributed by atoms with E-state index in [1.165, 1.54) is 18.2 Å². The van der Waals surface area contributed by atoms with Gasteiger partial charge in [0.1, 0.15) is 5.82 Å². The maximum Gasteiger partial charge on any atom is 0.253 e. The van der Waals surface area contributed by atoms with Crippen LogP contribution in [-0.4, -0.2) is 30.5 Å². The van der Waals surface area contributed by atoms with Crippen LogP contribution < -0.4 is 5.32 Å². The molecule has 1 heterocycles. The molecule has 0 aliphatic carbocycles. The van der Waals surface area contributed by atoms with Crippen molar-refractivity contribution in [1.82, 2.24) is 15.3 Å². The number of amides is 1. The molecule has 2 aromatic carbocycles. The first kappa shape index (κ1) is 16.5. The molecule has 8 heteroatoms. The minimum atomic E-state index is -3.42. The number of H-pyrrole nitrogens is 1. The molecule has 0 spiro atoms. The van der Waals surface area contributed by atoms with Crippen LogP contribution in [0.1, 0.15) is 16.2 Å². The number of nitrogens with one attached hydrogen (secondary N) is 2. The fraction of sp³-hybridized carbons (Fsp3) is 0.125. The van der Waals surface area contributed by atoms with Crippen molar-refractivity contribution in [3.8, 4) is 0 Å². The molecule has 1 amide bonds. The summed E-state index contributed by atoms with van der Waals surface area (Å²) >= 11 is 6.01. The van der Waals surface area contributed by atoms with E-state index >= 15 is 0 Å². The molecule has 0 aliphatic rings. The van der Waals surface area contributed by atoms with Crippen molar-refractivity contribution in [2.45, 2.75) is 11.4 Å². The largest absolute Gasteiger partial charge is 0.345 e. The van der Waals surface area contributed by atoms with Gasteiger partial charge in [0.2, 0.25) is 0 Å². The molecule has 0 radical (unpaired) electrons. The summed E-state index contributed by atoms with van der Waals surface area (Å²) in [6, 6.07) is 11.6. The van der Waals surface area contributed by atoms with E-state index in [2.05, 4.69) is 15.3 Å². The SMILES string of the molecule is CS(=O)(=O)c1ccc(Cl)c(C(=O)NCc2nc3ccccc3[nH]2)c1. The monoisotopic (exact) mass is 363 g/mol. The lowest BCUT2D eigenvalue weighted by Crippen LogP contribution is -2.24. The summed E-state index contributed by atoms with van der Waals surface area (Å²) in [5.74, 6) is 0.130. The Labute approximate surface area is 143 Å². The van der Waals surface area contributed by atoms with E-state index in [0.29, 0.717) is 5.82 Å². The van der Waals surface area contributed by atoms with Crippen molar-refractivity contribution in [3.63, 3.8) is 0 Å². The predicted molar refractivity (Wildman–Crippen MR) is 91.8 cm³/mol. The molecule has 6 nitrogen and oxygen atoms in total. The standard InChI is InChI=1S/C16H14ClN3O3S/c1-24(22,23)10-6-7-12(17)11(8-10)16(21)18-9-15-19-13-4-2-3-5-14(13)20-15/h2-8H,9H2,1H3,(H,18,21)(H,19,20). The number of carbonyl (C=O) groups is 1. The van der Waals surface area contributed by atoms with Gasteiger partial charge in [-0.2, -0.15) is 0 Å². The van der Waals surface area contributed by atoms with Crippen LogP contribution in [0.5, 0.6) is 0 Å². The van der Waals surface area contributed by atoms with Crippen molar-refractivity contribution < 1.29 is 13.2 Å². The zero-order valence-corrected chi connectivity index (χ0v) is 14.3. The van der Waals surface area contributed by atoms with Gasteiger partial charge in [0, 0.05) is 6.26 Å². The minimum absolute atomic E-state index is 0.0424. The molecule has 1 aromatic heterocycles. The molecule has 124 valence electrons. The number of para-hydroxylation sites is 2. The third kappa shape index (κ3) is 3.42. The van der Waals surface area contributed by atoms with Gasteiger partial charge in [-0.05, 0) is 30.3 Å². The first-order valence-electron chi connectivity index (χ1n) is 7.06. The topological polar surface area (TPSA) is 91.9 Å². The van der Waals surface area contributed by atoms with Crippen molar-refractivity contribution in [1.29, 1.82) is 0 Å². The Morgan fingerprint density at radius 3 is 2.71 bits per heavy atom. The first-order chi connectivity index (χ1) is 11.3. The Balaban J connectivity index is 1.79. The molecule has 0 saturated carbocycles. The van der Waals surface area contributed by atoms with E-state index in [0.717, 1.165) is 17.3 Å². The Hall–Kier alpha value is -2.38. The van der Waals surface area contributed by atoms with Crippen molar-refractivity contribution in [3.05, 3.63) is 58.9 Å². The van der Waals surface area contributed by atoms with Crippen LogP contribution >= 0.6 is 11.6 Å². The molecule has 24 heavy (non-hydrogen) atoms. The molecule has 2 N–H and O–H groups in total. The minimum Gasteiger partial charge on any atom is -0.345 e. The normalized spacial score (nSPS) is 11.6. The maximum atomic E-state index is 12.3. The van der Waals surface area contributed by atoms with E-state index in [-0.39, 0.29) is 22.0 Å². The predicted octanol–water partition coefficient (Wildman–Crippen LogP) is 2.55. The van der Waals surface area contributed by atoms with Gasteiger partial charge in [-0.3, -0.25) is 4.79 Å². The molecule has 0 fully saturated rings. The zero-order valence-electron chi connectivity index (χ0n) is 12.7. The highest BCUT2D eigenvalue weighted by Gasteiger charge is 2.15. The van der Waals surface area contributed by atoms with E-state index in [1.807, 2.05) is 24.3 Å². The van der Waals surface area contributed by atoms with Crippen LogP contribution in [0.4, 0.5) is 0 Å². The highest BCUT2D eigenvalue weighted by Crippen LogP contribution is 2.20. The lowest BCUT2D eigenvalue weighted by molar-refractivity contribution is 0.0950. The number of halogens is 1. The summed E-state index contributed by atoms with van der Waals surface area (Å²) in [5, 5.41) is 2.87. The van der Waals surface area contributed by atoms with Gasteiger partial charge in [0.25, 0.3) is 5.91 Å². The van der Waals surface area contributed by atoms with Gasteiger partial charge in [0.05, 0.1) is 33.1 Å². The number of imidazole rings is 1. The Kier molecular flexibility index (Phi) is 4.29. The maximum absolute atomic E-state index is 12.3. The second-order valence-corrected chi connectivity index (χ2v) is 7.72. The lowest BCUT2D eigenvalue weighted by Gasteiger charge is -2.07. The van der Waals surface area contributed by atoms with Gasteiger partial charge in [0.15, 0.2) is 9.84 Å². The van der Waals surface area contributed by atoms with Crippen LogP contribution in [0.15, 0.2) is 47.4 Å². The number of carbonyl (C=O) groups excluding carboxylic acids is 1. The number of hydrogen-bond acceptors (Lipinski definition) is 4. The summed E-state index contributed by atoms with van der Waals surface area (Å²) < 4.78 is 23.2. The van der Waals surface area contributed by atoms with E-state index in [9.17, 15) is 13.2 Å². The third-order valence-corrected chi connectivity index (χ3v) is 4.91. The summed E-state index contributed by atoms with van der Waals surface area (Å²) in [6.07, 6.45) is 1.08. The van der Waals surface area contributed by atoms with Gasteiger partial charge >= 0.3 is 0 Å². The number of hydrogen-bond donors (Lipinski definition) is 2. The van der Waals surface area contributed by atoms with E-state index < -0.39 is 15.7 Å². The molecular formula is C16H14ClN3O3S. The fourth-order valence-electron chi connectivity index (χ4n) is 2.26. The highest BCUT2D eigenvalue weighted by molar-refractivity contribution is 7.90. The van der Waals surface area contributed by atoms with Crippen molar-refractivity contribution in [2.24, 2.45) is 0 Å². The van der Waals surface area contributed by atoms with E-state index in [1.54, 1.807) is 0 Å². The molecule has 3 aromatic rings. The highest BCUT2D eigenvalue weighted by atomic mass is 35.5. The lowest BCUT2D eigenvalue weighted by atomic mass is 10.2. The fourth-order valence-corrected chi connectivity index (χ4v) is 3.11. The molecule has 0 saturated heterocycles. The molecule has 3 rings (SSSR count). The molecule has 0 unspecified atom stereocenters. The second-order valence-electron chi connectivity index (χ2n) is 5.30. The van der Waals surface area contributed by atoms with Crippen LogP contribution in [0.2, 0.25) is 5.02 Å². The van der Waals surface area contributed by atoms with Crippen LogP contribution in [-0.2, 0) is 16.4 Å². The van der Waals surface area contributed by atoms with Crippen molar-refractivity contribution in [2.75, 3.05) is 6.26 Å². The smallest absolute Gasteiger partial charge is 0.253 e. The van der Waals surface area contributed by atoms with Crippen LogP contribution in [0, 0.1) is 0 Å². The summed E-state index contributed by atoms with van der Waals surface area (Å²) in [4.78, 5) is 19.8. The second kappa shape index (κ2) is 6.26. The summed E-state index contributed by atoms with van der Waals surface area (Å²) in [7, 11) is -3.42. The van der Waals surface area contributed by atoms with Gasteiger partial charge in [-0.1, -0.05) is 23.7 Å². The Morgan fingerprint density at radius 2 is 2.00 bits per heavy atom. The number of benzene rings is 2. The number of fused-ring (bicyclic) bond motifs is 1. The van der Waals surface area contributed by atoms with Crippen LogP contribution in [0.25, 0.3) is 11.0 Å². The average molecular weight is 364 g/mol. The Bertz CT molecular complexity index is 995. The first-order valence-corrected chi connectivity index (χ1v) is 9.33. The number of sulfone groups is 1. The number of nitrogens with zero attached hydrogens (tertiary/aromatic N) is 1. The number of aromatic amines is 1. The Morgan fingerprint density at radius 1 is 1.25 bits per heavy atom. The van der Waals surface area contributed by atoms with Gasteiger partial charge in [-0.25, -0.2) is 13.4 Å². The molecule has 0 bridgehead atoms. The summed E-state index contributed by atoms with van der Waals surface area (Å²) in [5.41, 5.74) is 1.79. The van der Waals surface area contributed by atoms with E-state index in [4.69, 9.17) is 11.6 Å². The molecular weight excluding hydrogens is 350 g/mol. The van der Waals surface area contributed by atoms with Crippen molar-refractivity contribution >= 4 is 38.4 Å². The van der Waals surface area contributed by atoms with Crippen LogP contribution in [0.3, 0.4) is 0 Å². The van der Waals surface area contributed by atoms with Gasteiger partial charge < -0.3 is 10.3 Å². The summed E-state index contributed by atoms with van der Waals surface area (Å²) in [6.45, 7) is 0.174. The quantitative estimate of drug-likeness (QED) is 0.745. The van der Waals surface area contributed by atoms with Gasteiger partial charge in [-0.15, -0.1) is 0 Å². The number of rotatable bonds is 4. The zero-order chi connectivity index (χ0) is 17.3. The molecule has 0 aliphatic heterocycles. The average Bonchev–Trinajstić information content (AvgIpc) is 2.94.